The van der Waals surface area contributed by atoms with Crippen molar-refractivity contribution in [3.8, 4) is 5.75 Å². The van der Waals surface area contributed by atoms with Gasteiger partial charge in [0.05, 0.1) is 37.6 Å². The summed E-state index contributed by atoms with van der Waals surface area (Å²) >= 11 is 0. The first-order chi connectivity index (χ1) is 27.6. The standard InChI is InChI=1S/C38H63N5O16/c1-22(2)28(33(39)49)43(7)36(52)54-21-23-20-24(8-9-25(23)58-35-31(48)29(46)30(47)32(59-35)34(50)51)42-27(45)11-10-26(44)41-14-17-55-37(3,4)12-15-53-18-19-56-38(5,6)13-16-57-40/h8-9,20,22,28-32,35,46-48H,10-19,21,40H2,1-7H3,(H2,39,49)(H,41,44)(H,42,45)(H,50,51)/t28-,29?,30?,31?,32?,35?/m0/s1. The van der Waals surface area contributed by atoms with Gasteiger partial charge in [-0.15, -0.1) is 0 Å². The summed E-state index contributed by atoms with van der Waals surface area (Å²) in [7, 11) is 1.32. The number of primary amides is 1. The van der Waals surface area contributed by atoms with Gasteiger partial charge in [0.1, 0.15) is 36.7 Å². The molecule has 21 nitrogen and oxygen atoms in total. The summed E-state index contributed by atoms with van der Waals surface area (Å²) in [6.45, 7) is 12.6. The highest BCUT2D eigenvalue weighted by Gasteiger charge is 2.48. The number of aliphatic hydroxyl groups excluding tert-OH is 3. The molecule has 0 saturated carbocycles. The van der Waals surface area contributed by atoms with Gasteiger partial charge in [-0.2, -0.15) is 0 Å². The van der Waals surface area contributed by atoms with Crippen molar-refractivity contribution in [2.45, 2.75) is 122 Å². The molecule has 59 heavy (non-hydrogen) atoms. The van der Waals surface area contributed by atoms with Crippen molar-refractivity contribution >= 4 is 35.5 Å². The van der Waals surface area contributed by atoms with Crippen LogP contribution in [0.5, 0.6) is 5.75 Å². The van der Waals surface area contributed by atoms with E-state index in [2.05, 4.69) is 15.5 Å². The number of aliphatic hydroxyl groups is 3. The molecule has 2 rings (SSSR count). The highest BCUT2D eigenvalue weighted by atomic mass is 16.7. The highest BCUT2D eigenvalue weighted by molar-refractivity contribution is 5.93. The Morgan fingerprint density at radius 2 is 1.51 bits per heavy atom. The van der Waals surface area contributed by atoms with Gasteiger partial charge in [0.25, 0.3) is 0 Å². The number of aliphatic carboxylic acids is 1. The number of carbonyl (C=O) groups is 5. The van der Waals surface area contributed by atoms with Crippen LogP contribution in [0.25, 0.3) is 0 Å². The van der Waals surface area contributed by atoms with Gasteiger partial charge in [0.2, 0.25) is 24.0 Å². The Bertz CT molecular complexity index is 1530. The second-order valence-electron chi connectivity index (χ2n) is 15.5. The molecule has 1 aromatic rings. The van der Waals surface area contributed by atoms with Gasteiger partial charge < -0.3 is 70.1 Å². The molecule has 1 aliphatic rings. The fourth-order valence-corrected chi connectivity index (χ4v) is 5.78. The third-order valence-corrected chi connectivity index (χ3v) is 9.27. The second-order valence-corrected chi connectivity index (χ2v) is 15.5. The fraction of sp³-hybridized carbons (Fsp3) is 0.711. The number of hydrogen-bond donors (Lipinski definition) is 8. The minimum atomic E-state index is -1.97. The summed E-state index contributed by atoms with van der Waals surface area (Å²) in [5, 5.41) is 45.5. The predicted octanol–water partition coefficient (Wildman–Crippen LogP) is 0.148. The molecule has 6 atom stereocenters. The van der Waals surface area contributed by atoms with E-state index < -0.39 is 72.8 Å². The average molecular weight is 846 g/mol. The van der Waals surface area contributed by atoms with Gasteiger partial charge in [-0.3, -0.25) is 19.3 Å². The number of nitrogens with one attached hydrogen (secondary N) is 2. The van der Waals surface area contributed by atoms with E-state index in [9.17, 15) is 44.4 Å². The summed E-state index contributed by atoms with van der Waals surface area (Å²) in [5.41, 5.74) is 4.81. The normalized spacial score (nSPS) is 20.1. The molecular formula is C38H63N5O16. The lowest BCUT2D eigenvalue weighted by Crippen LogP contribution is -2.61. The molecule has 0 spiro atoms. The zero-order valence-electron chi connectivity index (χ0n) is 34.8. The number of ether oxygens (including phenoxy) is 6. The molecular weight excluding hydrogens is 782 g/mol. The number of likely N-dealkylation sites (N-methyl/N-ethyl adjacent to an activating group) is 1. The Kier molecular flexibility index (Phi) is 20.9. The minimum Gasteiger partial charge on any atom is -0.479 e. The zero-order chi connectivity index (χ0) is 44.5. The summed E-state index contributed by atoms with van der Waals surface area (Å²) in [6, 6.07) is 3.02. The van der Waals surface area contributed by atoms with Gasteiger partial charge in [0, 0.05) is 50.7 Å². The lowest BCUT2D eigenvalue weighted by atomic mass is 9.99. The fourth-order valence-electron chi connectivity index (χ4n) is 5.78. The maximum atomic E-state index is 12.9. The third-order valence-electron chi connectivity index (χ3n) is 9.27. The van der Waals surface area contributed by atoms with Gasteiger partial charge in [0.15, 0.2) is 6.10 Å². The van der Waals surface area contributed by atoms with Crippen molar-refractivity contribution in [3.05, 3.63) is 23.8 Å². The predicted molar refractivity (Wildman–Crippen MR) is 208 cm³/mol. The Hall–Kier alpha value is -4.19. The molecule has 5 unspecified atom stereocenters. The van der Waals surface area contributed by atoms with E-state index >= 15 is 0 Å². The molecule has 0 bridgehead atoms. The van der Waals surface area contributed by atoms with Crippen LogP contribution >= 0.6 is 0 Å². The van der Waals surface area contributed by atoms with Crippen LogP contribution in [-0.4, -0.2) is 150 Å². The lowest BCUT2D eigenvalue weighted by Gasteiger charge is -2.38. The summed E-state index contributed by atoms with van der Waals surface area (Å²) in [5.74, 6) is 1.28. The number of rotatable bonds is 26. The molecule has 0 radical (unpaired) electrons. The molecule has 0 aromatic heterocycles. The summed E-state index contributed by atoms with van der Waals surface area (Å²) < 4.78 is 33.7. The van der Waals surface area contributed by atoms with Gasteiger partial charge in [-0.05, 0) is 58.2 Å². The topological polar surface area (TPSA) is 310 Å². The van der Waals surface area contributed by atoms with E-state index in [0.29, 0.717) is 39.3 Å². The van der Waals surface area contributed by atoms with Crippen LogP contribution in [-0.2, 0) is 54.3 Å². The van der Waals surface area contributed by atoms with E-state index in [-0.39, 0.29) is 60.4 Å². The lowest BCUT2D eigenvalue weighted by molar-refractivity contribution is -0.271. The molecule has 10 N–H and O–H groups in total. The van der Waals surface area contributed by atoms with Crippen LogP contribution in [0, 0.1) is 5.92 Å². The maximum absolute atomic E-state index is 12.9. The van der Waals surface area contributed by atoms with E-state index in [0.717, 1.165) is 4.90 Å². The summed E-state index contributed by atoms with van der Waals surface area (Å²) in [6.07, 6.45) is -9.61. The highest BCUT2D eigenvalue weighted by Crippen LogP contribution is 2.30. The van der Waals surface area contributed by atoms with Gasteiger partial charge in [-0.1, -0.05) is 13.8 Å². The number of carboxylic acids is 1. The number of nitrogens with two attached hydrogens (primary N) is 2. The largest absolute Gasteiger partial charge is 0.479 e. The number of benzene rings is 1. The molecule has 1 saturated heterocycles. The molecule has 21 heteroatoms. The number of nitrogens with zero attached hydrogens (tertiary/aromatic N) is 1. The second kappa shape index (κ2) is 24.2. The van der Waals surface area contributed by atoms with Crippen molar-refractivity contribution < 1.29 is 77.7 Å². The minimum absolute atomic E-state index is 0.0725. The maximum Gasteiger partial charge on any atom is 0.410 e. The smallest absolute Gasteiger partial charge is 0.410 e. The van der Waals surface area contributed by atoms with Crippen LogP contribution < -0.4 is 27.0 Å². The number of hydrogen-bond acceptors (Lipinski definition) is 16. The quantitative estimate of drug-likeness (QED) is 0.0454. The average Bonchev–Trinajstić information content (AvgIpc) is 3.15. The van der Waals surface area contributed by atoms with E-state index in [1.54, 1.807) is 13.8 Å². The molecule has 1 heterocycles. The van der Waals surface area contributed by atoms with E-state index in [4.69, 9.17) is 40.1 Å². The number of carboxylic acid groups (broad SMARTS) is 1. The van der Waals surface area contributed by atoms with Crippen LogP contribution in [0.15, 0.2) is 18.2 Å². The first kappa shape index (κ1) is 51.0. The SMILES string of the molecule is CC(C)[C@@H](C(N)=O)N(C)C(=O)OCc1cc(NC(=O)CCC(=O)NCCOC(C)(C)CCOCCOC(C)(C)CCON)ccc1OC1OC(C(=O)O)C(O)C(O)C1O. The Labute approximate surface area is 343 Å². The number of carbonyl (C=O) groups excluding carboxylic acids is 4. The molecule has 4 amide bonds. The van der Waals surface area contributed by atoms with Gasteiger partial charge in [-0.25, -0.2) is 15.5 Å². The van der Waals surface area contributed by atoms with Crippen LogP contribution in [0.1, 0.15) is 72.8 Å². The molecule has 1 fully saturated rings. The van der Waals surface area contributed by atoms with Crippen molar-refractivity contribution in [2.75, 3.05) is 51.9 Å². The van der Waals surface area contributed by atoms with Crippen molar-refractivity contribution in [3.63, 3.8) is 0 Å². The molecule has 0 aliphatic carbocycles. The monoisotopic (exact) mass is 845 g/mol. The van der Waals surface area contributed by atoms with Crippen LogP contribution in [0.2, 0.25) is 0 Å². The van der Waals surface area contributed by atoms with Crippen LogP contribution in [0.3, 0.4) is 0 Å². The first-order valence-electron chi connectivity index (χ1n) is 19.2. The van der Waals surface area contributed by atoms with Crippen molar-refractivity contribution in [1.82, 2.24) is 10.2 Å². The Morgan fingerprint density at radius 1 is 0.881 bits per heavy atom. The molecule has 1 aliphatic heterocycles. The summed E-state index contributed by atoms with van der Waals surface area (Å²) in [4.78, 5) is 67.5. The number of amides is 4. The Balaban J connectivity index is 1.95. The number of anilines is 1. The van der Waals surface area contributed by atoms with Crippen LogP contribution in [0.4, 0.5) is 10.5 Å². The van der Waals surface area contributed by atoms with Gasteiger partial charge >= 0.3 is 12.1 Å². The third kappa shape index (κ3) is 17.5. The molecule has 336 valence electrons. The van der Waals surface area contributed by atoms with Crippen molar-refractivity contribution in [1.29, 1.82) is 0 Å². The van der Waals surface area contributed by atoms with E-state index in [1.807, 2.05) is 27.7 Å². The molecule has 1 aromatic carbocycles. The zero-order valence-corrected chi connectivity index (χ0v) is 34.8. The van der Waals surface area contributed by atoms with E-state index in [1.165, 1.54) is 25.2 Å². The van der Waals surface area contributed by atoms with Crippen molar-refractivity contribution in [2.24, 2.45) is 17.5 Å². The first-order valence-corrected chi connectivity index (χ1v) is 19.2. The Morgan fingerprint density at radius 3 is 2.12 bits per heavy atom.